The summed E-state index contributed by atoms with van der Waals surface area (Å²) in [6.07, 6.45) is -14.3. The zero-order valence-electron chi connectivity index (χ0n) is 21.0. The van der Waals surface area contributed by atoms with Crippen molar-refractivity contribution in [3.8, 4) is 34.1 Å². The first-order valence-corrected chi connectivity index (χ1v) is 12.4. The van der Waals surface area contributed by atoms with E-state index >= 15 is 0 Å². The molecule has 41 heavy (non-hydrogen) atoms. The molecule has 5 rings (SSSR count). The number of fused-ring (bicyclic) bond motifs is 1. The summed E-state index contributed by atoms with van der Waals surface area (Å²) in [5.74, 6) is -1.49. The first kappa shape index (κ1) is 29.0. The molecule has 9 N–H and O–H groups in total. The van der Waals surface area contributed by atoms with E-state index < -0.39 is 84.8 Å². The minimum absolute atomic E-state index is 0.0861. The third-order valence-corrected chi connectivity index (χ3v) is 6.87. The summed E-state index contributed by atoms with van der Waals surface area (Å²) in [5, 5.41) is 91.2. The topological polar surface area (TPSA) is 249 Å². The lowest BCUT2D eigenvalue weighted by Gasteiger charge is -2.41. The predicted molar refractivity (Wildman–Crippen MR) is 134 cm³/mol. The Morgan fingerprint density at radius 3 is 2.27 bits per heavy atom. The van der Waals surface area contributed by atoms with Crippen molar-refractivity contribution in [3.05, 3.63) is 46.8 Å². The highest BCUT2D eigenvalue weighted by Gasteiger charge is 2.46. The van der Waals surface area contributed by atoms with Crippen LogP contribution in [0, 0.1) is 0 Å². The maximum atomic E-state index is 12.3. The van der Waals surface area contributed by atoms with Crippen molar-refractivity contribution in [1.29, 1.82) is 0 Å². The molecule has 2 aromatic carbocycles. The fourth-order valence-corrected chi connectivity index (χ4v) is 4.65. The molecule has 3 aromatic rings. The molecule has 0 aliphatic carbocycles. The number of benzene rings is 2. The van der Waals surface area contributed by atoms with E-state index in [1.807, 2.05) is 0 Å². The number of phenolic OH excluding ortho intramolecular Hbond substituents is 3. The van der Waals surface area contributed by atoms with Gasteiger partial charge in [-0.15, -0.1) is 0 Å². The van der Waals surface area contributed by atoms with Crippen molar-refractivity contribution in [2.24, 2.45) is 0 Å². The van der Waals surface area contributed by atoms with Crippen LogP contribution in [0.25, 0.3) is 22.1 Å². The van der Waals surface area contributed by atoms with E-state index in [4.69, 9.17) is 23.4 Å². The predicted octanol–water partition coefficient (Wildman–Crippen LogP) is -1.78. The van der Waals surface area contributed by atoms with Crippen LogP contribution in [0.3, 0.4) is 0 Å². The lowest BCUT2D eigenvalue weighted by Crippen LogP contribution is -2.61. The van der Waals surface area contributed by atoms with E-state index in [2.05, 4.69) is 0 Å². The van der Waals surface area contributed by atoms with Gasteiger partial charge in [-0.25, -0.2) is 4.79 Å². The Kier molecular flexibility index (Phi) is 8.06. The number of hydrogen-bond acceptors (Lipinski definition) is 15. The van der Waals surface area contributed by atoms with Crippen LogP contribution in [-0.2, 0) is 14.2 Å². The summed E-state index contributed by atoms with van der Waals surface area (Å²) >= 11 is 0. The second kappa shape index (κ2) is 11.4. The van der Waals surface area contributed by atoms with Gasteiger partial charge in [0.1, 0.15) is 59.8 Å². The Balaban J connectivity index is 1.45. The summed E-state index contributed by atoms with van der Waals surface area (Å²) in [6.45, 7) is -0.866. The average Bonchev–Trinajstić information content (AvgIpc) is 2.93. The van der Waals surface area contributed by atoms with Crippen molar-refractivity contribution in [2.45, 2.75) is 55.3 Å². The van der Waals surface area contributed by atoms with Gasteiger partial charge in [0.2, 0.25) is 6.29 Å². The van der Waals surface area contributed by atoms with Gasteiger partial charge in [-0.2, -0.15) is 0 Å². The van der Waals surface area contributed by atoms with Crippen molar-refractivity contribution >= 4 is 11.0 Å². The Bertz CT molecular complexity index is 1460. The van der Waals surface area contributed by atoms with Gasteiger partial charge in [-0.1, -0.05) is 6.07 Å². The zero-order chi connectivity index (χ0) is 29.6. The molecule has 1 aromatic heterocycles. The second-order valence-corrected chi connectivity index (χ2v) is 9.72. The molecule has 2 fully saturated rings. The molecule has 3 heterocycles. The largest absolute Gasteiger partial charge is 0.508 e. The smallest absolute Gasteiger partial charge is 0.336 e. The minimum atomic E-state index is -1.83. The van der Waals surface area contributed by atoms with Crippen molar-refractivity contribution < 1.29 is 69.3 Å². The van der Waals surface area contributed by atoms with Crippen LogP contribution in [0.4, 0.5) is 0 Å². The molecule has 0 amide bonds. The number of phenols is 3. The minimum Gasteiger partial charge on any atom is -0.508 e. The number of ether oxygens (including phenoxy) is 4. The SMILES string of the molecule is O=c1cc(-c2ccc(O)c(O)c2)c2c(O[C@H]3O[C@@H](CO[C@@H]4OC[C@@H](O)[C@@H](O)[C@@H]4O)[C@H](O)[C@@H](O)[C@@H]3O)cc(O)cc2o1. The van der Waals surface area contributed by atoms with Crippen LogP contribution in [0.1, 0.15) is 0 Å². The molecule has 2 aliphatic heterocycles. The second-order valence-electron chi connectivity index (χ2n) is 9.72. The van der Waals surface area contributed by atoms with Gasteiger partial charge in [-0.05, 0) is 17.7 Å². The third-order valence-electron chi connectivity index (χ3n) is 6.87. The molecule has 0 bridgehead atoms. The van der Waals surface area contributed by atoms with Crippen LogP contribution in [0.5, 0.6) is 23.0 Å². The summed E-state index contributed by atoms with van der Waals surface area (Å²) in [7, 11) is 0. The number of aliphatic hydroxyl groups is 6. The number of aliphatic hydroxyl groups excluding tert-OH is 6. The Labute approximate surface area is 230 Å². The zero-order valence-corrected chi connectivity index (χ0v) is 21.0. The lowest BCUT2D eigenvalue weighted by molar-refractivity contribution is -0.307. The molecule has 2 aliphatic rings. The maximum Gasteiger partial charge on any atom is 0.336 e. The van der Waals surface area contributed by atoms with Crippen molar-refractivity contribution in [1.82, 2.24) is 0 Å². The van der Waals surface area contributed by atoms with Gasteiger partial charge in [0.15, 0.2) is 17.8 Å². The van der Waals surface area contributed by atoms with Crippen LogP contribution in [0.2, 0.25) is 0 Å². The number of hydrogen-bond donors (Lipinski definition) is 9. The van der Waals surface area contributed by atoms with E-state index in [1.54, 1.807) is 0 Å². The van der Waals surface area contributed by atoms with E-state index in [0.717, 1.165) is 18.2 Å². The van der Waals surface area contributed by atoms with Gasteiger partial charge in [0.05, 0.1) is 18.6 Å². The summed E-state index contributed by atoms with van der Waals surface area (Å²) in [4.78, 5) is 12.3. The molecule has 0 saturated carbocycles. The van der Waals surface area contributed by atoms with E-state index in [1.165, 1.54) is 18.2 Å². The molecule has 0 unspecified atom stereocenters. The molecule has 222 valence electrons. The highest BCUT2D eigenvalue weighted by atomic mass is 16.7. The maximum absolute atomic E-state index is 12.3. The number of aromatic hydroxyl groups is 3. The average molecular weight is 580 g/mol. The lowest BCUT2D eigenvalue weighted by atomic mass is 9.98. The van der Waals surface area contributed by atoms with E-state index in [9.17, 15) is 50.8 Å². The van der Waals surface area contributed by atoms with Gasteiger partial charge in [0.25, 0.3) is 0 Å². The van der Waals surface area contributed by atoms with Gasteiger partial charge >= 0.3 is 5.63 Å². The fourth-order valence-electron chi connectivity index (χ4n) is 4.65. The van der Waals surface area contributed by atoms with Crippen LogP contribution in [-0.4, -0.2) is 114 Å². The highest BCUT2D eigenvalue weighted by Crippen LogP contribution is 2.40. The molecule has 9 atom stereocenters. The monoisotopic (exact) mass is 580 g/mol. The molecular weight excluding hydrogens is 552 g/mol. The highest BCUT2D eigenvalue weighted by molar-refractivity contribution is 5.98. The molecule has 15 nitrogen and oxygen atoms in total. The normalized spacial score (nSPS) is 32.2. The Morgan fingerprint density at radius 1 is 0.805 bits per heavy atom. The summed E-state index contributed by atoms with van der Waals surface area (Å²) in [6, 6.07) is 7.08. The third kappa shape index (κ3) is 5.67. The van der Waals surface area contributed by atoms with Crippen LogP contribution in [0.15, 0.2) is 45.6 Å². The van der Waals surface area contributed by atoms with E-state index in [0.29, 0.717) is 0 Å². The van der Waals surface area contributed by atoms with Crippen molar-refractivity contribution in [3.63, 3.8) is 0 Å². The Morgan fingerprint density at radius 2 is 1.54 bits per heavy atom. The van der Waals surface area contributed by atoms with E-state index in [-0.39, 0.29) is 34.5 Å². The van der Waals surface area contributed by atoms with Gasteiger partial charge in [0, 0.05) is 23.8 Å². The quantitative estimate of drug-likeness (QED) is 0.115. The first-order valence-electron chi connectivity index (χ1n) is 12.4. The summed E-state index contributed by atoms with van der Waals surface area (Å²) < 4.78 is 27.2. The van der Waals surface area contributed by atoms with Crippen molar-refractivity contribution in [2.75, 3.05) is 13.2 Å². The standard InChI is InChI=1S/C26H28O15/c27-10-4-15-19(11(6-18(31)39-15)9-1-2-12(28)13(29)3-9)16(5-10)40-26-24(36)22(34)21(33)17(41-26)8-38-25-23(35)20(32)14(30)7-37-25/h1-6,14,17,20-30,32-36H,7-8H2/t14-,17+,20-,21+,22-,23+,24+,25+,26+/m1/s1. The van der Waals surface area contributed by atoms with Crippen LogP contribution >= 0.6 is 0 Å². The molecule has 2 saturated heterocycles. The number of rotatable bonds is 6. The Hall–Kier alpha value is -3.51. The summed E-state index contributed by atoms with van der Waals surface area (Å²) in [5.41, 5.74) is -0.563. The van der Waals surface area contributed by atoms with Gasteiger partial charge in [-0.3, -0.25) is 0 Å². The first-order chi connectivity index (χ1) is 19.4. The fraction of sp³-hybridized carbons (Fsp3) is 0.423. The van der Waals surface area contributed by atoms with Gasteiger partial charge < -0.3 is 69.3 Å². The molecule has 0 spiro atoms. The molecule has 15 heteroatoms. The molecular formula is C26H28O15. The van der Waals surface area contributed by atoms with Crippen LogP contribution < -0.4 is 10.4 Å². The molecule has 0 radical (unpaired) electrons.